The summed E-state index contributed by atoms with van der Waals surface area (Å²) in [5.41, 5.74) is 2.95. The van der Waals surface area contributed by atoms with Gasteiger partial charge in [-0.05, 0) is 84.5 Å². The Morgan fingerprint density at radius 3 is 2.69 bits per heavy atom. The third kappa shape index (κ3) is 3.73. The SMILES string of the molecule is COCOc1ccc2c(c1)[C@H](CC=O)C[C@@H]1[C@@H]2CC[C@]2(C)[C@@H](OCOC)CC[C@@H]12. The summed E-state index contributed by atoms with van der Waals surface area (Å²) in [5, 5.41) is 0. The average molecular weight is 403 g/mol. The fourth-order valence-corrected chi connectivity index (χ4v) is 6.63. The number of aldehydes is 1. The standard InChI is InChI=1S/C24H34O5/c1-24-10-8-19-18-5-4-17(28-14-26-2)13-20(18)16(9-11-25)12-21(19)22(24)6-7-23(24)29-15-27-3/h4-5,11,13,16,19,21-23H,6-10,12,14-15H2,1-3H3/t16-,19-,21-,22+,23+,24+/m1/s1. The van der Waals surface area contributed by atoms with Crippen molar-refractivity contribution in [3.05, 3.63) is 29.3 Å². The highest BCUT2D eigenvalue weighted by molar-refractivity contribution is 5.54. The molecular weight excluding hydrogens is 368 g/mol. The summed E-state index contributed by atoms with van der Waals surface area (Å²) < 4.78 is 22.0. The Morgan fingerprint density at radius 2 is 1.93 bits per heavy atom. The summed E-state index contributed by atoms with van der Waals surface area (Å²) in [6, 6.07) is 6.45. The van der Waals surface area contributed by atoms with E-state index >= 15 is 0 Å². The summed E-state index contributed by atoms with van der Waals surface area (Å²) in [6.45, 7) is 3.04. The van der Waals surface area contributed by atoms with Gasteiger partial charge >= 0.3 is 0 Å². The van der Waals surface area contributed by atoms with Gasteiger partial charge in [-0.25, -0.2) is 0 Å². The van der Waals surface area contributed by atoms with Crippen LogP contribution >= 0.6 is 0 Å². The molecular formula is C24H34O5. The maximum absolute atomic E-state index is 11.5. The maximum Gasteiger partial charge on any atom is 0.188 e. The number of benzene rings is 1. The van der Waals surface area contributed by atoms with Crippen molar-refractivity contribution in [2.45, 2.75) is 63.4 Å². The van der Waals surface area contributed by atoms with E-state index in [4.69, 9.17) is 18.9 Å². The predicted molar refractivity (Wildman–Crippen MR) is 110 cm³/mol. The molecule has 0 aromatic heterocycles. The molecule has 1 aromatic rings. The molecule has 0 N–H and O–H groups in total. The Kier molecular flexibility index (Phi) is 6.28. The molecule has 160 valence electrons. The van der Waals surface area contributed by atoms with Crippen LogP contribution in [0.25, 0.3) is 0 Å². The third-order valence-electron chi connectivity index (χ3n) is 7.92. The van der Waals surface area contributed by atoms with Crippen molar-refractivity contribution in [1.29, 1.82) is 0 Å². The van der Waals surface area contributed by atoms with Gasteiger partial charge in [-0.2, -0.15) is 0 Å². The monoisotopic (exact) mass is 402 g/mol. The van der Waals surface area contributed by atoms with Crippen LogP contribution in [0.3, 0.4) is 0 Å². The first-order valence-corrected chi connectivity index (χ1v) is 10.9. The average Bonchev–Trinajstić information content (AvgIpc) is 3.07. The van der Waals surface area contributed by atoms with E-state index in [1.807, 2.05) is 0 Å². The first-order valence-electron chi connectivity index (χ1n) is 10.9. The number of carbonyl (C=O) groups excluding carboxylic acids is 1. The Labute approximate surface area is 174 Å². The van der Waals surface area contributed by atoms with Crippen LogP contribution in [0.15, 0.2) is 18.2 Å². The highest BCUT2D eigenvalue weighted by Gasteiger charge is 2.56. The first kappa shape index (κ1) is 20.8. The molecule has 0 radical (unpaired) electrons. The van der Waals surface area contributed by atoms with E-state index in [1.165, 1.54) is 30.4 Å². The topological polar surface area (TPSA) is 54.0 Å². The van der Waals surface area contributed by atoms with E-state index in [0.717, 1.165) is 24.9 Å². The van der Waals surface area contributed by atoms with Crippen LogP contribution in [-0.4, -0.2) is 40.2 Å². The number of carbonyl (C=O) groups is 1. The minimum Gasteiger partial charge on any atom is -0.468 e. The maximum atomic E-state index is 11.5. The van der Waals surface area contributed by atoms with Crippen LogP contribution in [0.1, 0.15) is 68.4 Å². The van der Waals surface area contributed by atoms with Gasteiger partial charge in [0.15, 0.2) is 6.79 Å². The number of hydrogen-bond donors (Lipinski definition) is 0. The fraction of sp³-hybridized carbons (Fsp3) is 0.708. The molecule has 6 atom stereocenters. The number of methoxy groups -OCH3 is 2. The van der Waals surface area contributed by atoms with E-state index in [-0.39, 0.29) is 24.2 Å². The van der Waals surface area contributed by atoms with Crippen LogP contribution in [0.2, 0.25) is 0 Å². The van der Waals surface area contributed by atoms with Crippen LogP contribution in [0.4, 0.5) is 0 Å². The molecule has 5 heteroatoms. The number of fused-ring (bicyclic) bond motifs is 5. The summed E-state index contributed by atoms with van der Waals surface area (Å²) in [6.07, 6.45) is 7.73. The largest absolute Gasteiger partial charge is 0.468 e. The molecule has 29 heavy (non-hydrogen) atoms. The second kappa shape index (κ2) is 8.75. The second-order valence-corrected chi connectivity index (χ2v) is 9.24. The zero-order valence-corrected chi connectivity index (χ0v) is 17.9. The number of ether oxygens (including phenoxy) is 4. The minimum absolute atomic E-state index is 0.213. The molecule has 0 unspecified atom stereocenters. The Balaban J connectivity index is 1.62. The van der Waals surface area contributed by atoms with E-state index in [9.17, 15) is 4.79 Å². The van der Waals surface area contributed by atoms with Gasteiger partial charge in [0.2, 0.25) is 0 Å². The molecule has 2 fully saturated rings. The molecule has 0 saturated heterocycles. The lowest BCUT2D eigenvalue weighted by Crippen LogP contribution is -2.45. The van der Waals surface area contributed by atoms with Crippen LogP contribution < -0.4 is 4.74 Å². The highest BCUT2D eigenvalue weighted by atomic mass is 16.7. The molecule has 0 aliphatic heterocycles. The molecule has 5 nitrogen and oxygen atoms in total. The van der Waals surface area contributed by atoms with Crippen molar-refractivity contribution >= 4 is 6.29 Å². The zero-order chi connectivity index (χ0) is 20.4. The third-order valence-corrected chi connectivity index (χ3v) is 7.92. The van der Waals surface area contributed by atoms with Crippen molar-refractivity contribution < 1.29 is 23.7 Å². The van der Waals surface area contributed by atoms with E-state index in [0.29, 0.717) is 31.0 Å². The highest BCUT2D eigenvalue weighted by Crippen LogP contribution is 2.63. The molecule has 0 amide bonds. The van der Waals surface area contributed by atoms with Gasteiger partial charge in [-0.15, -0.1) is 0 Å². The van der Waals surface area contributed by atoms with E-state index in [1.54, 1.807) is 14.2 Å². The van der Waals surface area contributed by atoms with Crippen LogP contribution in [-0.2, 0) is 19.0 Å². The second-order valence-electron chi connectivity index (χ2n) is 9.24. The van der Waals surface area contributed by atoms with E-state index < -0.39 is 0 Å². The summed E-state index contributed by atoms with van der Waals surface area (Å²) >= 11 is 0. The van der Waals surface area contributed by atoms with Crippen LogP contribution in [0.5, 0.6) is 5.75 Å². The van der Waals surface area contributed by atoms with Gasteiger partial charge in [-0.1, -0.05) is 13.0 Å². The lowest BCUT2D eigenvalue weighted by atomic mass is 9.53. The van der Waals surface area contributed by atoms with Crippen molar-refractivity contribution in [1.82, 2.24) is 0 Å². The van der Waals surface area contributed by atoms with Crippen molar-refractivity contribution in [3.8, 4) is 5.75 Å². The lowest BCUT2D eigenvalue weighted by Gasteiger charge is -2.52. The van der Waals surface area contributed by atoms with Gasteiger partial charge in [0.1, 0.15) is 18.8 Å². The fourth-order valence-electron chi connectivity index (χ4n) is 6.63. The first-order chi connectivity index (χ1) is 14.1. The molecule has 4 rings (SSSR count). The molecule has 1 aromatic carbocycles. The minimum atomic E-state index is 0.213. The van der Waals surface area contributed by atoms with Crippen molar-refractivity contribution in [2.75, 3.05) is 27.8 Å². The van der Waals surface area contributed by atoms with Crippen LogP contribution in [0, 0.1) is 17.3 Å². The Morgan fingerprint density at radius 1 is 1.10 bits per heavy atom. The molecule has 3 aliphatic rings. The Hall–Kier alpha value is -1.43. The van der Waals surface area contributed by atoms with Gasteiger partial charge in [0.25, 0.3) is 0 Å². The molecule has 3 aliphatic carbocycles. The van der Waals surface area contributed by atoms with Gasteiger partial charge < -0.3 is 23.7 Å². The zero-order valence-electron chi connectivity index (χ0n) is 17.9. The Bertz CT molecular complexity index is 719. The number of hydrogen-bond acceptors (Lipinski definition) is 5. The molecule has 0 spiro atoms. The smallest absolute Gasteiger partial charge is 0.188 e. The predicted octanol–water partition coefficient (Wildman–Crippen LogP) is 4.64. The quantitative estimate of drug-likeness (QED) is 0.468. The van der Waals surface area contributed by atoms with Crippen molar-refractivity contribution in [2.24, 2.45) is 17.3 Å². The van der Waals surface area contributed by atoms with Crippen molar-refractivity contribution in [3.63, 3.8) is 0 Å². The summed E-state index contributed by atoms with van der Waals surface area (Å²) in [4.78, 5) is 11.5. The normalized spacial score (nSPS) is 35.5. The van der Waals surface area contributed by atoms with E-state index in [2.05, 4.69) is 25.1 Å². The molecule has 0 bridgehead atoms. The summed E-state index contributed by atoms with van der Waals surface area (Å²) in [7, 11) is 3.32. The van der Waals surface area contributed by atoms with Gasteiger partial charge in [0, 0.05) is 20.6 Å². The number of rotatable bonds is 8. The van der Waals surface area contributed by atoms with Gasteiger partial charge in [0.05, 0.1) is 6.10 Å². The lowest BCUT2D eigenvalue weighted by molar-refractivity contribution is -0.126. The molecule has 0 heterocycles. The molecule has 2 saturated carbocycles. The van der Waals surface area contributed by atoms with Gasteiger partial charge in [-0.3, -0.25) is 0 Å². The summed E-state index contributed by atoms with van der Waals surface area (Å²) in [5.74, 6) is 2.94.